The number of hydrogen-bond donors (Lipinski definition) is 2. The molecule has 3 unspecified atom stereocenters. The maximum absolute atomic E-state index is 13.7. The van der Waals surface area contributed by atoms with Crippen molar-refractivity contribution in [1.29, 1.82) is 0 Å². The van der Waals surface area contributed by atoms with E-state index in [2.05, 4.69) is 10.7 Å². The minimum atomic E-state index is -0.550. The molecule has 0 aromatic heterocycles. The number of hydrazine groups is 1. The number of hydrogen-bond acceptors (Lipinski definition) is 5. The number of benzene rings is 3. The van der Waals surface area contributed by atoms with E-state index in [1.165, 1.54) is 31.0 Å². The Labute approximate surface area is 233 Å². The molecule has 0 radical (unpaired) electrons. The second kappa shape index (κ2) is 11.2. The summed E-state index contributed by atoms with van der Waals surface area (Å²) < 4.78 is 13.7. The molecule has 2 N–H and O–H groups in total. The first-order valence-electron chi connectivity index (χ1n) is 13.5. The van der Waals surface area contributed by atoms with Gasteiger partial charge in [-0.2, -0.15) is 0 Å². The first-order valence-corrected chi connectivity index (χ1v) is 13.5. The van der Waals surface area contributed by atoms with Gasteiger partial charge in [0.15, 0.2) is 0 Å². The molecular formula is C31H34FN5O3. The molecule has 0 bridgehead atoms. The summed E-state index contributed by atoms with van der Waals surface area (Å²) in [7, 11) is 1.54. The number of fused-ring (bicyclic) bond motifs is 1. The highest BCUT2D eigenvalue weighted by Gasteiger charge is 2.55. The average Bonchev–Trinajstić information content (AvgIpc) is 3.29. The lowest BCUT2D eigenvalue weighted by Gasteiger charge is -2.41. The van der Waals surface area contributed by atoms with Crippen molar-refractivity contribution in [3.63, 3.8) is 0 Å². The molecule has 8 nitrogen and oxygen atoms in total. The Morgan fingerprint density at radius 2 is 1.68 bits per heavy atom. The van der Waals surface area contributed by atoms with Crippen molar-refractivity contribution in [3.8, 4) is 11.1 Å². The Morgan fingerprint density at radius 1 is 1.00 bits per heavy atom. The van der Waals surface area contributed by atoms with Crippen molar-refractivity contribution in [2.45, 2.75) is 39.5 Å². The lowest BCUT2D eigenvalue weighted by Crippen LogP contribution is -2.63. The summed E-state index contributed by atoms with van der Waals surface area (Å²) in [5, 5.41) is 4.82. The maximum atomic E-state index is 13.7. The van der Waals surface area contributed by atoms with Crippen LogP contribution in [-0.4, -0.2) is 52.4 Å². The Bertz CT molecular complexity index is 1410. The van der Waals surface area contributed by atoms with Gasteiger partial charge in [-0.3, -0.25) is 14.5 Å². The molecule has 2 fully saturated rings. The quantitative estimate of drug-likeness (QED) is 0.438. The summed E-state index contributed by atoms with van der Waals surface area (Å²) in [6.07, 6.45) is -0.517. The standard InChI is InChI=1S/C31H34FN5O3/c1-19(2)17-36-29-27(30(39)35(4)31(36)40)28(22-11-15-25(16-12-22)33-20(3)38)37(34-29)18-23-7-5-6-8-26(23)21-9-13-24(32)14-10-21/h5-16,19,27-29,34H,17-18H2,1-4H3,(H,33,38). The largest absolute Gasteiger partial charge is 0.327 e. The fourth-order valence-corrected chi connectivity index (χ4v) is 5.70. The number of nitrogens with one attached hydrogen (secondary N) is 2. The first kappa shape index (κ1) is 27.5. The van der Waals surface area contributed by atoms with Gasteiger partial charge >= 0.3 is 6.03 Å². The minimum absolute atomic E-state index is 0.165. The van der Waals surface area contributed by atoms with E-state index in [0.29, 0.717) is 18.8 Å². The van der Waals surface area contributed by atoms with Crippen LogP contribution in [0.4, 0.5) is 14.9 Å². The average molecular weight is 544 g/mol. The Kier molecular flexibility index (Phi) is 7.69. The smallest absolute Gasteiger partial charge is 0.326 e. The van der Waals surface area contributed by atoms with Gasteiger partial charge in [-0.15, -0.1) is 0 Å². The number of urea groups is 1. The van der Waals surface area contributed by atoms with E-state index in [-0.39, 0.29) is 29.6 Å². The molecule has 3 aromatic rings. The highest BCUT2D eigenvalue weighted by Crippen LogP contribution is 2.42. The predicted molar refractivity (Wildman–Crippen MR) is 151 cm³/mol. The zero-order valence-corrected chi connectivity index (χ0v) is 23.1. The molecule has 3 atom stereocenters. The van der Waals surface area contributed by atoms with Crippen LogP contribution >= 0.6 is 0 Å². The van der Waals surface area contributed by atoms with Crippen LogP contribution in [0.1, 0.15) is 37.9 Å². The lowest BCUT2D eigenvalue weighted by molar-refractivity contribution is -0.137. The molecule has 0 spiro atoms. The molecule has 2 aliphatic rings. The van der Waals surface area contributed by atoms with Gasteiger partial charge in [0.05, 0.1) is 12.0 Å². The summed E-state index contributed by atoms with van der Waals surface area (Å²) >= 11 is 0. The molecular weight excluding hydrogens is 509 g/mol. The highest BCUT2D eigenvalue weighted by molar-refractivity contribution is 5.99. The van der Waals surface area contributed by atoms with Crippen LogP contribution in [0, 0.1) is 17.7 Å². The van der Waals surface area contributed by atoms with Gasteiger partial charge < -0.3 is 10.2 Å². The van der Waals surface area contributed by atoms with Crippen LogP contribution in [0.25, 0.3) is 11.1 Å². The van der Waals surface area contributed by atoms with Gasteiger partial charge in [0, 0.05) is 32.7 Å². The topological polar surface area (TPSA) is 85.0 Å². The third-order valence-electron chi connectivity index (χ3n) is 7.45. The van der Waals surface area contributed by atoms with E-state index in [1.54, 1.807) is 17.0 Å². The zero-order valence-electron chi connectivity index (χ0n) is 23.1. The van der Waals surface area contributed by atoms with Gasteiger partial charge in [-0.1, -0.05) is 62.4 Å². The van der Waals surface area contributed by atoms with E-state index in [4.69, 9.17) is 0 Å². The second-order valence-electron chi connectivity index (χ2n) is 10.9. The number of amides is 4. The molecule has 2 heterocycles. The van der Waals surface area contributed by atoms with Crippen LogP contribution in [0.15, 0.2) is 72.8 Å². The van der Waals surface area contributed by atoms with Crippen LogP contribution < -0.4 is 10.7 Å². The lowest BCUT2D eigenvalue weighted by atomic mass is 9.88. The van der Waals surface area contributed by atoms with Crippen molar-refractivity contribution in [1.82, 2.24) is 20.2 Å². The van der Waals surface area contributed by atoms with Crippen LogP contribution in [0.2, 0.25) is 0 Å². The summed E-state index contributed by atoms with van der Waals surface area (Å²) in [5.41, 5.74) is 7.90. The summed E-state index contributed by atoms with van der Waals surface area (Å²) in [5.74, 6) is -1.05. The minimum Gasteiger partial charge on any atom is -0.326 e. The van der Waals surface area contributed by atoms with Gasteiger partial charge in [0.1, 0.15) is 12.0 Å². The molecule has 40 heavy (non-hydrogen) atoms. The fourth-order valence-electron chi connectivity index (χ4n) is 5.70. The third-order valence-corrected chi connectivity index (χ3v) is 7.45. The third kappa shape index (κ3) is 5.35. The normalized spacial score (nSPS) is 21.2. The molecule has 2 saturated heterocycles. The highest BCUT2D eigenvalue weighted by atomic mass is 19.1. The van der Waals surface area contributed by atoms with Crippen LogP contribution in [-0.2, 0) is 16.1 Å². The van der Waals surface area contributed by atoms with Crippen molar-refractivity contribution in [2.75, 3.05) is 18.9 Å². The van der Waals surface area contributed by atoms with E-state index < -0.39 is 18.1 Å². The van der Waals surface area contributed by atoms with E-state index in [9.17, 15) is 18.8 Å². The number of nitrogens with zero attached hydrogens (tertiary/aromatic N) is 3. The molecule has 4 amide bonds. The monoisotopic (exact) mass is 543 g/mol. The van der Waals surface area contributed by atoms with Gasteiger partial charge in [-0.25, -0.2) is 19.6 Å². The van der Waals surface area contributed by atoms with E-state index in [0.717, 1.165) is 22.3 Å². The molecule has 2 aliphatic heterocycles. The van der Waals surface area contributed by atoms with Gasteiger partial charge in [0.25, 0.3) is 0 Å². The van der Waals surface area contributed by atoms with Gasteiger partial charge in [-0.05, 0) is 52.4 Å². The van der Waals surface area contributed by atoms with Crippen molar-refractivity contribution < 1.29 is 18.8 Å². The van der Waals surface area contributed by atoms with Crippen molar-refractivity contribution >= 4 is 23.5 Å². The summed E-state index contributed by atoms with van der Waals surface area (Å²) in [6.45, 7) is 6.47. The van der Waals surface area contributed by atoms with Crippen molar-refractivity contribution in [2.24, 2.45) is 11.8 Å². The number of anilines is 1. The zero-order chi connectivity index (χ0) is 28.6. The molecule has 0 aliphatic carbocycles. The number of halogens is 1. The number of carbonyl (C=O) groups is 3. The number of carbonyl (C=O) groups excluding carboxylic acids is 3. The summed E-state index contributed by atoms with van der Waals surface area (Å²) in [6, 6.07) is 21.1. The van der Waals surface area contributed by atoms with Crippen LogP contribution in [0.5, 0.6) is 0 Å². The van der Waals surface area contributed by atoms with E-state index in [1.807, 2.05) is 67.4 Å². The Hall–Kier alpha value is -4.08. The molecule has 208 valence electrons. The van der Waals surface area contributed by atoms with Gasteiger partial charge in [0.2, 0.25) is 11.8 Å². The maximum Gasteiger partial charge on any atom is 0.327 e. The second-order valence-corrected chi connectivity index (χ2v) is 10.9. The first-order chi connectivity index (χ1) is 19.1. The Morgan fingerprint density at radius 3 is 2.33 bits per heavy atom. The predicted octanol–water partition coefficient (Wildman–Crippen LogP) is 5.00. The van der Waals surface area contributed by atoms with Crippen LogP contribution in [0.3, 0.4) is 0 Å². The molecule has 9 heteroatoms. The molecule has 5 rings (SSSR count). The van der Waals surface area contributed by atoms with E-state index >= 15 is 0 Å². The van der Waals surface area contributed by atoms with Crippen molar-refractivity contribution in [3.05, 3.63) is 89.7 Å². The fraction of sp³-hybridized carbons (Fsp3) is 0.323. The SMILES string of the molecule is CC(=O)Nc1ccc(C2C3C(=O)N(C)C(=O)N(CC(C)C)C3NN2Cc2ccccc2-c2ccc(F)cc2)cc1. The molecule has 0 saturated carbocycles. The number of rotatable bonds is 7. The summed E-state index contributed by atoms with van der Waals surface area (Å²) in [4.78, 5) is 41.5. The molecule has 3 aromatic carbocycles. The number of imide groups is 1. The Balaban J connectivity index is 1.56.